The van der Waals surface area contributed by atoms with Crippen molar-refractivity contribution in [3.63, 3.8) is 0 Å². The zero-order valence-corrected chi connectivity index (χ0v) is 19.7. The maximum Gasteiger partial charge on any atom is 0.270 e. The van der Waals surface area contributed by atoms with E-state index in [2.05, 4.69) is 4.90 Å². The molecule has 1 saturated heterocycles. The van der Waals surface area contributed by atoms with Crippen molar-refractivity contribution < 1.29 is 18.3 Å². The van der Waals surface area contributed by atoms with Crippen LogP contribution in [0.4, 0.5) is 8.78 Å². The summed E-state index contributed by atoms with van der Waals surface area (Å²) >= 11 is 0. The number of rotatable bonds is 5. The highest BCUT2D eigenvalue weighted by atomic mass is 19.1. The van der Waals surface area contributed by atoms with E-state index in [1.54, 1.807) is 31.4 Å². The SMILES string of the molecule is COc1ccc2c(c1)cc(C(=O)N1CCN(C(c3ccc(F)cc3)c3ccc(F)cc3)CC1)n2C. The molecular weight excluding hydrogens is 448 g/mol. The van der Waals surface area contributed by atoms with E-state index in [0.29, 0.717) is 31.9 Å². The molecule has 5 nitrogen and oxygen atoms in total. The number of carbonyl (C=O) groups is 1. The largest absolute Gasteiger partial charge is 0.497 e. The third kappa shape index (κ3) is 4.51. The number of piperazine rings is 1. The Hall–Kier alpha value is -3.71. The maximum atomic E-state index is 13.6. The Morgan fingerprint density at radius 3 is 1.94 bits per heavy atom. The van der Waals surface area contributed by atoms with Gasteiger partial charge in [0.05, 0.1) is 13.2 Å². The van der Waals surface area contributed by atoms with E-state index >= 15 is 0 Å². The van der Waals surface area contributed by atoms with E-state index in [0.717, 1.165) is 27.8 Å². The molecule has 0 spiro atoms. The molecule has 1 aliphatic rings. The fourth-order valence-electron chi connectivity index (χ4n) is 4.91. The van der Waals surface area contributed by atoms with Crippen molar-refractivity contribution in [3.05, 3.63) is 101 Å². The van der Waals surface area contributed by atoms with Crippen LogP contribution < -0.4 is 4.74 Å². The second-order valence-electron chi connectivity index (χ2n) is 8.85. The van der Waals surface area contributed by atoms with Gasteiger partial charge < -0.3 is 14.2 Å². The van der Waals surface area contributed by atoms with Gasteiger partial charge in [0.15, 0.2) is 0 Å². The molecule has 4 aromatic rings. The summed E-state index contributed by atoms with van der Waals surface area (Å²) in [4.78, 5) is 17.5. The number of ether oxygens (including phenoxy) is 1. The molecule has 1 aromatic heterocycles. The topological polar surface area (TPSA) is 37.7 Å². The van der Waals surface area contributed by atoms with Crippen LogP contribution in [0.5, 0.6) is 5.75 Å². The fraction of sp³-hybridized carbons (Fsp3) is 0.250. The van der Waals surface area contributed by atoms with E-state index in [-0.39, 0.29) is 23.6 Å². The second kappa shape index (κ2) is 9.50. The fourth-order valence-corrected chi connectivity index (χ4v) is 4.91. The highest BCUT2D eigenvalue weighted by Crippen LogP contribution is 2.31. The van der Waals surface area contributed by atoms with E-state index in [1.807, 2.05) is 40.8 Å². The minimum Gasteiger partial charge on any atom is -0.497 e. The van der Waals surface area contributed by atoms with Crippen LogP contribution in [0, 0.1) is 11.6 Å². The zero-order chi connectivity index (χ0) is 24.5. The van der Waals surface area contributed by atoms with Gasteiger partial charge >= 0.3 is 0 Å². The van der Waals surface area contributed by atoms with Crippen LogP contribution in [0.2, 0.25) is 0 Å². The number of aromatic nitrogens is 1. The number of benzene rings is 3. The maximum absolute atomic E-state index is 13.6. The van der Waals surface area contributed by atoms with Gasteiger partial charge in [-0.05, 0) is 59.7 Å². The lowest BCUT2D eigenvalue weighted by atomic mass is 9.96. The van der Waals surface area contributed by atoms with Crippen LogP contribution >= 0.6 is 0 Å². The van der Waals surface area contributed by atoms with Gasteiger partial charge in [0.1, 0.15) is 23.1 Å². The van der Waals surface area contributed by atoms with Crippen LogP contribution in [-0.2, 0) is 7.05 Å². The first-order valence-electron chi connectivity index (χ1n) is 11.6. The Bertz CT molecular complexity index is 1300. The van der Waals surface area contributed by atoms with Gasteiger partial charge in [0.25, 0.3) is 5.91 Å². The highest BCUT2D eigenvalue weighted by Gasteiger charge is 2.29. The number of amides is 1. The molecule has 0 atom stereocenters. The van der Waals surface area contributed by atoms with Crippen molar-refractivity contribution in [1.29, 1.82) is 0 Å². The minimum absolute atomic E-state index is 0.0116. The molecule has 0 unspecified atom stereocenters. The molecule has 5 rings (SSSR count). The zero-order valence-electron chi connectivity index (χ0n) is 19.7. The third-order valence-electron chi connectivity index (χ3n) is 6.81. The van der Waals surface area contributed by atoms with Crippen molar-refractivity contribution in [2.75, 3.05) is 33.3 Å². The minimum atomic E-state index is -0.297. The Morgan fingerprint density at radius 2 is 1.40 bits per heavy atom. The van der Waals surface area contributed by atoms with Crippen LogP contribution in [0.3, 0.4) is 0 Å². The lowest BCUT2D eigenvalue weighted by Gasteiger charge is -2.39. The van der Waals surface area contributed by atoms with Gasteiger partial charge in [-0.25, -0.2) is 8.78 Å². The number of methoxy groups -OCH3 is 1. The molecule has 3 aromatic carbocycles. The molecule has 0 aliphatic carbocycles. The van der Waals surface area contributed by atoms with Crippen LogP contribution in [0.15, 0.2) is 72.8 Å². The summed E-state index contributed by atoms with van der Waals surface area (Å²) in [6.07, 6.45) is 0. The first-order chi connectivity index (χ1) is 16.9. The number of nitrogens with zero attached hydrogens (tertiary/aromatic N) is 3. The van der Waals surface area contributed by atoms with Gasteiger partial charge in [-0.3, -0.25) is 9.69 Å². The molecule has 1 fully saturated rings. The lowest BCUT2D eigenvalue weighted by molar-refractivity contribution is 0.0588. The van der Waals surface area contributed by atoms with Crippen molar-refractivity contribution in [1.82, 2.24) is 14.4 Å². The molecule has 2 heterocycles. The summed E-state index contributed by atoms with van der Waals surface area (Å²) in [7, 11) is 3.53. The number of hydrogen-bond donors (Lipinski definition) is 0. The van der Waals surface area contributed by atoms with Crippen molar-refractivity contribution >= 4 is 16.8 Å². The molecule has 180 valence electrons. The average Bonchev–Trinajstić information content (AvgIpc) is 3.22. The molecule has 1 aliphatic heterocycles. The van der Waals surface area contributed by atoms with Gasteiger partial charge in [0.2, 0.25) is 0 Å². The summed E-state index contributed by atoms with van der Waals surface area (Å²) in [5.74, 6) is 0.148. The number of aryl methyl sites for hydroxylation is 1. The number of halogens is 2. The van der Waals surface area contributed by atoms with Crippen molar-refractivity contribution in [3.8, 4) is 5.75 Å². The van der Waals surface area contributed by atoms with Gasteiger partial charge in [-0.2, -0.15) is 0 Å². The van der Waals surface area contributed by atoms with Gasteiger partial charge in [0, 0.05) is 44.1 Å². The van der Waals surface area contributed by atoms with E-state index in [1.165, 1.54) is 24.3 Å². The van der Waals surface area contributed by atoms with Crippen molar-refractivity contribution in [2.24, 2.45) is 7.05 Å². The Labute approximate surface area is 203 Å². The van der Waals surface area contributed by atoms with E-state index < -0.39 is 0 Å². The van der Waals surface area contributed by atoms with Gasteiger partial charge in [-0.15, -0.1) is 0 Å². The molecule has 0 bridgehead atoms. The quantitative estimate of drug-likeness (QED) is 0.407. The second-order valence-corrected chi connectivity index (χ2v) is 8.85. The lowest BCUT2D eigenvalue weighted by Crippen LogP contribution is -2.50. The number of fused-ring (bicyclic) bond motifs is 1. The van der Waals surface area contributed by atoms with Crippen LogP contribution in [-0.4, -0.2) is 53.6 Å². The molecule has 0 N–H and O–H groups in total. The highest BCUT2D eigenvalue weighted by molar-refractivity contribution is 5.99. The standard InChI is InChI=1S/C28H27F2N3O2/c1-31-25-12-11-24(35-2)17-21(25)18-26(31)28(34)33-15-13-32(14-16-33)27(19-3-7-22(29)8-4-19)20-5-9-23(30)10-6-20/h3-12,17-18,27H,13-16H2,1-2H3. The molecule has 0 saturated carbocycles. The number of carbonyl (C=O) groups excluding carboxylic acids is 1. The van der Waals surface area contributed by atoms with Crippen molar-refractivity contribution in [2.45, 2.75) is 6.04 Å². The summed E-state index contributed by atoms with van der Waals surface area (Å²) in [6.45, 7) is 2.40. The van der Waals surface area contributed by atoms with E-state index in [4.69, 9.17) is 4.74 Å². The first kappa shape index (κ1) is 23.1. The Morgan fingerprint density at radius 1 is 0.829 bits per heavy atom. The summed E-state index contributed by atoms with van der Waals surface area (Å²) in [5.41, 5.74) is 3.47. The summed E-state index contributed by atoms with van der Waals surface area (Å²) in [6, 6.07) is 20.4. The van der Waals surface area contributed by atoms with Crippen LogP contribution in [0.1, 0.15) is 27.7 Å². The van der Waals surface area contributed by atoms with E-state index in [9.17, 15) is 13.6 Å². The predicted molar refractivity (Wildman–Crippen MR) is 132 cm³/mol. The molecule has 35 heavy (non-hydrogen) atoms. The third-order valence-corrected chi connectivity index (χ3v) is 6.81. The molecule has 0 radical (unpaired) electrons. The predicted octanol–water partition coefficient (Wildman–Crippen LogP) is 5.01. The Balaban J connectivity index is 1.36. The number of hydrogen-bond acceptors (Lipinski definition) is 3. The summed E-state index contributed by atoms with van der Waals surface area (Å²) < 4.78 is 34.4. The average molecular weight is 476 g/mol. The molecule has 1 amide bonds. The first-order valence-corrected chi connectivity index (χ1v) is 11.6. The Kier molecular flexibility index (Phi) is 6.26. The van der Waals surface area contributed by atoms with Gasteiger partial charge in [-0.1, -0.05) is 24.3 Å². The monoisotopic (exact) mass is 475 g/mol. The normalized spacial score (nSPS) is 14.6. The molecular formula is C28H27F2N3O2. The molecule has 7 heteroatoms. The summed E-state index contributed by atoms with van der Waals surface area (Å²) in [5, 5.41) is 0.960. The smallest absolute Gasteiger partial charge is 0.270 e. The van der Waals surface area contributed by atoms with Crippen LogP contribution in [0.25, 0.3) is 10.9 Å².